The minimum Gasteiger partial charge on any atom is -0.241 e. The molecule has 4 nitrogen and oxygen atoms in total. The standard InChI is InChI=1S/C12H6ClF3N4/c13-8-3-6(14)1-2-7(8)9-4-17-11-10(19-9)5-18-20(11)12(15)16/h1-5,12H. The van der Waals surface area contributed by atoms with Crippen molar-refractivity contribution in [3.05, 3.63) is 41.4 Å². The number of aromatic nitrogens is 4. The molecule has 0 bridgehead atoms. The highest BCUT2D eigenvalue weighted by molar-refractivity contribution is 6.33. The van der Waals surface area contributed by atoms with E-state index >= 15 is 0 Å². The van der Waals surface area contributed by atoms with Crippen LogP contribution in [0.15, 0.2) is 30.6 Å². The number of hydrogen-bond donors (Lipinski definition) is 0. The SMILES string of the molecule is Fc1ccc(-c2cnc3c(cnn3C(F)F)n2)c(Cl)c1. The lowest BCUT2D eigenvalue weighted by Gasteiger charge is -2.04. The summed E-state index contributed by atoms with van der Waals surface area (Å²) in [5.41, 5.74) is 1.01. The van der Waals surface area contributed by atoms with E-state index in [4.69, 9.17) is 11.6 Å². The Morgan fingerprint density at radius 2 is 2.00 bits per heavy atom. The predicted octanol–water partition coefficient (Wildman–Crippen LogP) is 3.68. The smallest absolute Gasteiger partial charge is 0.241 e. The second kappa shape index (κ2) is 4.75. The molecule has 0 aliphatic rings. The van der Waals surface area contributed by atoms with Gasteiger partial charge in [-0.2, -0.15) is 18.6 Å². The first kappa shape index (κ1) is 12.9. The van der Waals surface area contributed by atoms with Crippen LogP contribution in [0.1, 0.15) is 6.55 Å². The van der Waals surface area contributed by atoms with Crippen molar-refractivity contribution in [1.82, 2.24) is 19.7 Å². The molecule has 0 radical (unpaired) electrons. The first-order valence-corrected chi connectivity index (χ1v) is 5.88. The second-order valence-electron chi connectivity index (χ2n) is 3.96. The third kappa shape index (κ3) is 2.09. The van der Waals surface area contributed by atoms with E-state index in [1.54, 1.807) is 0 Å². The summed E-state index contributed by atoms with van der Waals surface area (Å²) in [5, 5.41) is 3.68. The highest BCUT2D eigenvalue weighted by Gasteiger charge is 2.15. The van der Waals surface area contributed by atoms with Crippen LogP contribution < -0.4 is 0 Å². The fraction of sp³-hybridized carbons (Fsp3) is 0.0833. The first-order valence-electron chi connectivity index (χ1n) is 5.50. The number of rotatable bonds is 2. The van der Waals surface area contributed by atoms with Gasteiger partial charge in [0, 0.05) is 5.56 Å². The van der Waals surface area contributed by atoms with Crippen LogP contribution in [0.5, 0.6) is 0 Å². The summed E-state index contributed by atoms with van der Waals surface area (Å²) in [6.07, 6.45) is 2.48. The van der Waals surface area contributed by atoms with E-state index in [2.05, 4.69) is 15.1 Å². The van der Waals surface area contributed by atoms with Crippen molar-refractivity contribution in [2.75, 3.05) is 0 Å². The van der Waals surface area contributed by atoms with E-state index in [9.17, 15) is 13.2 Å². The maximum Gasteiger partial charge on any atom is 0.335 e. The highest BCUT2D eigenvalue weighted by Crippen LogP contribution is 2.28. The Balaban J connectivity index is 2.14. The third-order valence-corrected chi connectivity index (χ3v) is 3.01. The van der Waals surface area contributed by atoms with Gasteiger partial charge in [0.2, 0.25) is 0 Å². The van der Waals surface area contributed by atoms with E-state index in [1.807, 2.05) is 0 Å². The maximum atomic E-state index is 13.0. The lowest BCUT2D eigenvalue weighted by Crippen LogP contribution is -2.01. The van der Waals surface area contributed by atoms with Gasteiger partial charge in [0.15, 0.2) is 5.65 Å². The number of nitrogens with zero attached hydrogens (tertiary/aromatic N) is 4. The molecule has 0 aliphatic carbocycles. The molecule has 0 amide bonds. The van der Waals surface area contributed by atoms with Crippen LogP contribution in [0.25, 0.3) is 22.4 Å². The molecule has 0 spiro atoms. The fourth-order valence-corrected chi connectivity index (χ4v) is 2.07. The Hall–Kier alpha value is -2.15. The highest BCUT2D eigenvalue weighted by atomic mass is 35.5. The zero-order chi connectivity index (χ0) is 14.3. The van der Waals surface area contributed by atoms with E-state index in [1.165, 1.54) is 24.5 Å². The number of hydrogen-bond acceptors (Lipinski definition) is 3. The summed E-state index contributed by atoms with van der Waals surface area (Å²) >= 11 is 5.92. The predicted molar refractivity (Wildman–Crippen MR) is 67.0 cm³/mol. The summed E-state index contributed by atoms with van der Waals surface area (Å²) in [5.74, 6) is -0.474. The average molecular weight is 299 g/mol. The molecule has 102 valence electrons. The van der Waals surface area contributed by atoms with Crippen molar-refractivity contribution in [2.24, 2.45) is 0 Å². The summed E-state index contributed by atoms with van der Waals surface area (Å²) in [4.78, 5) is 8.06. The van der Waals surface area contributed by atoms with Crippen molar-refractivity contribution >= 4 is 22.8 Å². The first-order chi connectivity index (χ1) is 9.56. The van der Waals surface area contributed by atoms with Gasteiger partial charge >= 0.3 is 6.55 Å². The molecule has 0 fully saturated rings. The Morgan fingerprint density at radius 1 is 1.20 bits per heavy atom. The normalized spacial score (nSPS) is 11.4. The van der Waals surface area contributed by atoms with Crippen molar-refractivity contribution in [1.29, 1.82) is 0 Å². The molecule has 3 rings (SSSR count). The molecule has 8 heteroatoms. The lowest BCUT2D eigenvalue weighted by atomic mass is 10.1. The summed E-state index contributed by atoms with van der Waals surface area (Å²) < 4.78 is 38.7. The van der Waals surface area contributed by atoms with Crippen LogP contribution >= 0.6 is 11.6 Å². The van der Waals surface area contributed by atoms with Gasteiger partial charge in [-0.25, -0.2) is 14.4 Å². The molecule has 1 aromatic carbocycles. The van der Waals surface area contributed by atoms with Gasteiger partial charge in [-0.05, 0) is 18.2 Å². The zero-order valence-corrected chi connectivity index (χ0v) is 10.5. The molecule has 2 aromatic heterocycles. The second-order valence-corrected chi connectivity index (χ2v) is 4.36. The van der Waals surface area contributed by atoms with E-state index in [0.29, 0.717) is 15.9 Å². The van der Waals surface area contributed by atoms with Gasteiger partial charge in [0.05, 0.1) is 23.1 Å². The molecule has 20 heavy (non-hydrogen) atoms. The Morgan fingerprint density at radius 3 is 2.70 bits per heavy atom. The van der Waals surface area contributed by atoms with Crippen molar-refractivity contribution < 1.29 is 13.2 Å². The van der Waals surface area contributed by atoms with Crippen LogP contribution in [0, 0.1) is 5.82 Å². The Labute approximate surface area is 115 Å². The number of benzene rings is 1. The maximum absolute atomic E-state index is 13.0. The topological polar surface area (TPSA) is 43.6 Å². The zero-order valence-electron chi connectivity index (χ0n) is 9.76. The van der Waals surface area contributed by atoms with E-state index in [-0.39, 0.29) is 16.2 Å². The van der Waals surface area contributed by atoms with Crippen molar-refractivity contribution in [3.63, 3.8) is 0 Å². The quantitative estimate of drug-likeness (QED) is 0.725. The minimum atomic E-state index is -2.79. The van der Waals surface area contributed by atoms with Gasteiger partial charge in [-0.15, -0.1) is 0 Å². The summed E-state index contributed by atoms with van der Waals surface area (Å²) in [6.45, 7) is -2.79. The molecular formula is C12H6ClF3N4. The average Bonchev–Trinajstić information content (AvgIpc) is 2.81. The Bertz CT molecular complexity index is 787. The molecule has 0 N–H and O–H groups in total. The van der Waals surface area contributed by atoms with Gasteiger partial charge in [0.25, 0.3) is 0 Å². The molecule has 0 unspecified atom stereocenters. The monoisotopic (exact) mass is 298 g/mol. The van der Waals surface area contributed by atoms with E-state index < -0.39 is 12.4 Å². The third-order valence-electron chi connectivity index (χ3n) is 2.69. The minimum absolute atomic E-state index is 0.0259. The van der Waals surface area contributed by atoms with Gasteiger partial charge in [-0.1, -0.05) is 11.6 Å². The molecule has 0 aliphatic heterocycles. The van der Waals surface area contributed by atoms with Gasteiger partial charge in [-0.3, -0.25) is 0 Å². The lowest BCUT2D eigenvalue weighted by molar-refractivity contribution is 0.0608. The molecule has 0 saturated heterocycles. The van der Waals surface area contributed by atoms with Gasteiger partial charge < -0.3 is 0 Å². The van der Waals surface area contributed by atoms with E-state index in [0.717, 1.165) is 6.07 Å². The van der Waals surface area contributed by atoms with Crippen molar-refractivity contribution in [2.45, 2.75) is 6.55 Å². The van der Waals surface area contributed by atoms with Gasteiger partial charge in [0.1, 0.15) is 11.3 Å². The van der Waals surface area contributed by atoms with Crippen LogP contribution in [0.2, 0.25) is 5.02 Å². The van der Waals surface area contributed by atoms with Crippen LogP contribution in [0.3, 0.4) is 0 Å². The van der Waals surface area contributed by atoms with Crippen LogP contribution in [0.4, 0.5) is 13.2 Å². The molecule has 2 heterocycles. The number of alkyl halides is 2. The molecule has 3 aromatic rings. The fourth-order valence-electron chi connectivity index (χ4n) is 1.80. The summed E-state index contributed by atoms with van der Waals surface area (Å²) in [7, 11) is 0. The largest absolute Gasteiger partial charge is 0.335 e. The van der Waals surface area contributed by atoms with Crippen molar-refractivity contribution in [3.8, 4) is 11.3 Å². The number of halogens is 4. The van der Waals surface area contributed by atoms with Crippen LogP contribution in [-0.4, -0.2) is 19.7 Å². The molecule has 0 atom stereocenters. The molecular weight excluding hydrogens is 293 g/mol. The molecule has 0 saturated carbocycles. The van der Waals surface area contributed by atoms with Crippen LogP contribution in [-0.2, 0) is 0 Å². The Kier molecular flexibility index (Phi) is 3.06. The number of fused-ring (bicyclic) bond motifs is 1. The summed E-state index contributed by atoms with van der Waals surface area (Å²) in [6, 6.07) is 3.83.